The van der Waals surface area contributed by atoms with Crippen molar-refractivity contribution in [3.63, 3.8) is 0 Å². The highest BCUT2D eigenvalue weighted by molar-refractivity contribution is 5.99. The molecule has 1 saturated heterocycles. The third-order valence-electron chi connectivity index (χ3n) is 4.54. The van der Waals surface area contributed by atoms with Gasteiger partial charge in [-0.05, 0) is 47.4 Å². The van der Waals surface area contributed by atoms with E-state index in [2.05, 4.69) is 49.2 Å². The van der Waals surface area contributed by atoms with E-state index >= 15 is 0 Å². The zero-order valence-electron chi connectivity index (χ0n) is 13.4. The van der Waals surface area contributed by atoms with Gasteiger partial charge >= 0.3 is 0 Å². The normalized spacial score (nSPS) is 20.0. The molecule has 2 rings (SSSR count). The molecule has 0 aliphatic carbocycles. The van der Waals surface area contributed by atoms with Crippen LogP contribution < -0.4 is 0 Å². The van der Waals surface area contributed by atoms with Crippen molar-refractivity contribution < 1.29 is 4.79 Å². The molecule has 1 aliphatic rings. The predicted molar refractivity (Wildman–Crippen MR) is 82.4 cm³/mol. The smallest absolute Gasteiger partial charge is 0.178 e. The third-order valence-corrected chi connectivity index (χ3v) is 4.54. The number of aromatic nitrogens is 1. The van der Waals surface area contributed by atoms with Crippen LogP contribution in [-0.2, 0) is 6.54 Å². The Balaban J connectivity index is 2.03. The van der Waals surface area contributed by atoms with Crippen LogP contribution in [0.2, 0.25) is 0 Å². The first kappa shape index (κ1) is 15.3. The minimum atomic E-state index is 0.261. The van der Waals surface area contributed by atoms with Crippen molar-refractivity contribution in [2.24, 2.45) is 0 Å². The van der Waals surface area contributed by atoms with E-state index in [9.17, 15) is 4.79 Å². The van der Waals surface area contributed by atoms with Gasteiger partial charge in [-0.25, -0.2) is 0 Å². The minimum Gasteiger partial charge on any atom is -0.349 e. The van der Waals surface area contributed by atoms with Crippen molar-refractivity contribution in [2.75, 3.05) is 33.7 Å². The zero-order valence-corrected chi connectivity index (χ0v) is 13.4. The highest BCUT2D eigenvalue weighted by atomic mass is 16.1. The van der Waals surface area contributed by atoms with Gasteiger partial charge in [0.25, 0.3) is 0 Å². The highest BCUT2D eigenvalue weighted by Gasteiger charge is 2.26. The summed E-state index contributed by atoms with van der Waals surface area (Å²) in [6.45, 7) is 9.76. The minimum absolute atomic E-state index is 0.261. The molecule has 0 spiro atoms. The van der Waals surface area contributed by atoms with Crippen molar-refractivity contribution in [3.05, 3.63) is 23.0 Å². The molecule has 0 N–H and O–H groups in total. The molecular formula is C16H27N3O. The summed E-state index contributed by atoms with van der Waals surface area (Å²) in [5, 5.41) is 0. The molecule has 0 radical (unpaired) electrons. The summed E-state index contributed by atoms with van der Waals surface area (Å²) >= 11 is 0. The molecule has 1 aromatic heterocycles. The van der Waals surface area contributed by atoms with E-state index in [4.69, 9.17) is 0 Å². The molecule has 1 aliphatic heterocycles. The summed E-state index contributed by atoms with van der Waals surface area (Å²) in [6, 6.07) is 2.63. The largest absolute Gasteiger partial charge is 0.349 e. The third kappa shape index (κ3) is 2.96. The number of hydrogen-bond donors (Lipinski definition) is 0. The summed E-state index contributed by atoms with van der Waals surface area (Å²) in [5.74, 6) is 0.261. The van der Waals surface area contributed by atoms with Crippen molar-refractivity contribution >= 4 is 5.78 Å². The maximum Gasteiger partial charge on any atom is 0.178 e. The van der Waals surface area contributed by atoms with Gasteiger partial charge in [-0.15, -0.1) is 0 Å². The number of nitrogens with zero attached hydrogens (tertiary/aromatic N) is 3. The Labute approximate surface area is 122 Å². The van der Waals surface area contributed by atoms with E-state index in [1.165, 1.54) is 5.69 Å². The number of carbonyl (C=O) groups excluding carboxylic acids is 1. The van der Waals surface area contributed by atoms with Gasteiger partial charge in [0.05, 0.1) is 6.54 Å². The summed E-state index contributed by atoms with van der Waals surface area (Å²) in [7, 11) is 4.23. The second kappa shape index (κ2) is 6.10. The number of aryl methyl sites for hydroxylation is 1. The van der Waals surface area contributed by atoms with Crippen LogP contribution in [0.4, 0.5) is 0 Å². The molecule has 4 nitrogen and oxygen atoms in total. The predicted octanol–water partition coefficient (Wildman–Crippen LogP) is 1.94. The first-order valence-electron chi connectivity index (χ1n) is 7.52. The molecule has 0 aromatic carbocycles. The van der Waals surface area contributed by atoms with Crippen LogP contribution in [0.15, 0.2) is 6.07 Å². The zero-order chi connectivity index (χ0) is 14.9. The number of carbonyl (C=O) groups is 1. The molecule has 0 amide bonds. The highest BCUT2D eigenvalue weighted by Crippen LogP contribution is 2.18. The van der Waals surface area contributed by atoms with Gasteiger partial charge in [-0.1, -0.05) is 0 Å². The Bertz CT molecular complexity index is 490. The Morgan fingerprint density at radius 1 is 1.40 bits per heavy atom. The van der Waals surface area contributed by atoms with E-state index in [0.717, 1.165) is 37.3 Å². The lowest BCUT2D eigenvalue weighted by Gasteiger charge is -2.19. The van der Waals surface area contributed by atoms with Crippen LogP contribution >= 0.6 is 0 Å². The average molecular weight is 277 g/mol. The van der Waals surface area contributed by atoms with E-state index in [-0.39, 0.29) is 5.78 Å². The van der Waals surface area contributed by atoms with Gasteiger partial charge < -0.3 is 9.47 Å². The quantitative estimate of drug-likeness (QED) is 0.770. The molecule has 112 valence electrons. The summed E-state index contributed by atoms with van der Waals surface area (Å²) in [4.78, 5) is 17.1. The molecule has 2 heterocycles. The average Bonchev–Trinajstić information content (AvgIpc) is 2.94. The van der Waals surface area contributed by atoms with Crippen molar-refractivity contribution in [1.82, 2.24) is 14.4 Å². The molecule has 1 unspecified atom stereocenters. The van der Waals surface area contributed by atoms with Crippen LogP contribution in [-0.4, -0.2) is 59.9 Å². The summed E-state index contributed by atoms with van der Waals surface area (Å²) in [6.07, 6.45) is 1.16. The van der Waals surface area contributed by atoms with E-state index in [1.807, 2.05) is 6.07 Å². The van der Waals surface area contributed by atoms with E-state index in [1.54, 1.807) is 0 Å². The number of likely N-dealkylation sites (tertiary alicyclic amines) is 1. The van der Waals surface area contributed by atoms with Gasteiger partial charge in [-0.3, -0.25) is 9.69 Å². The maximum absolute atomic E-state index is 12.5. The van der Waals surface area contributed by atoms with Crippen LogP contribution in [0.1, 0.15) is 35.1 Å². The Morgan fingerprint density at radius 2 is 2.10 bits per heavy atom. The Morgan fingerprint density at radius 3 is 2.60 bits per heavy atom. The lowest BCUT2D eigenvalue weighted by Crippen LogP contribution is -2.33. The lowest BCUT2D eigenvalue weighted by atomic mass is 10.1. The fourth-order valence-electron chi connectivity index (χ4n) is 3.24. The van der Waals surface area contributed by atoms with Crippen molar-refractivity contribution in [3.8, 4) is 0 Å². The standard InChI is InChI=1S/C16H27N3O/c1-6-19-12(2)9-15(13(19)3)16(20)11-18-8-7-14(10-18)17(4)5/h9,14H,6-8,10-11H2,1-5H3. The van der Waals surface area contributed by atoms with E-state index < -0.39 is 0 Å². The second-order valence-electron chi connectivity index (χ2n) is 6.09. The SMILES string of the molecule is CCn1c(C)cc(C(=O)CN2CCC(N(C)C)C2)c1C. The first-order chi connectivity index (χ1) is 9.43. The van der Waals surface area contributed by atoms with Gasteiger partial charge in [0, 0.05) is 42.6 Å². The fourth-order valence-corrected chi connectivity index (χ4v) is 3.24. The molecule has 4 heteroatoms. The van der Waals surface area contributed by atoms with E-state index in [0.29, 0.717) is 12.6 Å². The number of hydrogen-bond acceptors (Lipinski definition) is 3. The summed E-state index contributed by atoms with van der Waals surface area (Å²) < 4.78 is 2.21. The molecule has 1 fully saturated rings. The Hall–Kier alpha value is -1.13. The number of Topliss-reactive ketones (excluding diaryl/α,β-unsaturated/α-hetero) is 1. The fraction of sp³-hybridized carbons (Fsp3) is 0.688. The lowest BCUT2D eigenvalue weighted by molar-refractivity contribution is 0.0941. The molecule has 20 heavy (non-hydrogen) atoms. The molecule has 1 atom stereocenters. The maximum atomic E-state index is 12.5. The summed E-state index contributed by atoms with van der Waals surface area (Å²) in [5.41, 5.74) is 3.19. The number of rotatable bonds is 5. The van der Waals surface area contributed by atoms with Crippen molar-refractivity contribution in [2.45, 2.75) is 39.8 Å². The van der Waals surface area contributed by atoms with Gasteiger partial charge in [0.1, 0.15) is 0 Å². The monoisotopic (exact) mass is 277 g/mol. The van der Waals surface area contributed by atoms with Crippen molar-refractivity contribution in [1.29, 1.82) is 0 Å². The molecular weight excluding hydrogens is 250 g/mol. The first-order valence-corrected chi connectivity index (χ1v) is 7.52. The van der Waals surface area contributed by atoms with Crippen LogP contribution in [0, 0.1) is 13.8 Å². The second-order valence-corrected chi connectivity index (χ2v) is 6.09. The topological polar surface area (TPSA) is 28.5 Å². The van der Waals surface area contributed by atoms with Crippen LogP contribution in [0.3, 0.4) is 0 Å². The van der Waals surface area contributed by atoms with Gasteiger partial charge in [0.15, 0.2) is 5.78 Å². The van der Waals surface area contributed by atoms with Crippen LogP contribution in [0.25, 0.3) is 0 Å². The molecule has 1 aromatic rings. The number of likely N-dealkylation sites (N-methyl/N-ethyl adjacent to an activating group) is 1. The van der Waals surface area contributed by atoms with Crippen LogP contribution in [0.5, 0.6) is 0 Å². The Kier molecular flexibility index (Phi) is 4.66. The van der Waals surface area contributed by atoms with Gasteiger partial charge in [-0.2, -0.15) is 0 Å². The number of ketones is 1. The molecule has 0 bridgehead atoms. The molecule has 0 saturated carbocycles. The van der Waals surface area contributed by atoms with Gasteiger partial charge in [0.2, 0.25) is 0 Å².